The van der Waals surface area contributed by atoms with Crippen molar-refractivity contribution >= 4 is 12.0 Å². The van der Waals surface area contributed by atoms with E-state index in [1.807, 2.05) is 52.8 Å². The van der Waals surface area contributed by atoms with Crippen LogP contribution in [0.1, 0.15) is 60.3 Å². The van der Waals surface area contributed by atoms with E-state index in [0.29, 0.717) is 19.4 Å². The highest BCUT2D eigenvalue weighted by atomic mass is 16.6. The molecule has 2 rings (SSSR count). The number of likely N-dealkylation sites (tertiary alicyclic amines) is 1. The van der Waals surface area contributed by atoms with Crippen LogP contribution in [0.25, 0.3) is 0 Å². The molecule has 2 N–H and O–H groups in total. The van der Waals surface area contributed by atoms with Crippen LogP contribution in [0.5, 0.6) is 0 Å². The molecule has 1 saturated heterocycles. The minimum atomic E-state index is -0.940. The largest absolute Gasteiger partial charge is 0.444 e. The molecule has 0 saturated carbocycles. The number of amides is 2. The summed E-state index contributed by atoms with van der Waals surface area (Å²) < 4.78 is 11.2. The Morgan fingerprint density at radius 3 is 2.57 bits per heavy atom. The highest BCUT2D eigenvalue weighted by Gasteiger charge is 2.41. The number of carbonyl (C=O) groups is 2. The maximum atomic E-state index is 12.9. The Labute approximate surface area is 180 Å². The molecular weight excluding hydrogens is 384 g/mol. The van der Waals surface area contributed by atoms with Crippen molar-refractivity contribution in [3.05, 3.63) is 24.3 Å². The van der Waals surface area contributed by atoms with Gasteiger partial charge in [0.05, 0.1) is 23.7 Å². The lowest BCUT2D eigenvalue weighted by molar-refractivity contribution is -0.131. The molecule has 1 heterocycles. The number of hydrogen-bond donors (Lipinski definition) is 2. The number of hydrogen-bond acceptors (Lipinski definition) is 5. The molecule has 170 valence electrons. The molecule has 0 radical (unpaired) electrons. The molecule has 0 bridgehead atoms. The third kappa shape index (κ3) is 6.57. The molecule has 0 unspecified atom stereocenters. The average molecular weight is 423 g/mol. The lowest BCUT2D eigenvalue weighted by atomic mass is 9.88. The fourth-order valence-corrected chi connectivity index (χ4v) is 4.29. The van der Waals surface area contributed by atoms with E-state index >= 15 is 0 Å². The predicted molar refractivity (Wildman–Crippen MR) is 116 cm³/mol. The quantitative estimate of drug-likeness (QED) is 0.658. The second kappa shape index (κ2) is 9.96. The van der Waals surface area contributed by atoms with Crippen LogP contribution in [-0.4, -0.2) is 65.1 Å². The predicted octanol–water partition coefficient (Wildman–Crippen LogP) is 3.18. The van der Waals surface area contributed by atoms with Crippen molar-refractivity contribution < 1.29 is 24.2 Å². The van der Waals surface area contributed by atoms with Gasteiger partial charge in [0.15, 0.2) is 0 Å². The van der Waals surface area contributed by atoms with E-state index in [1.165, 1.54) is 0 Å². The number of rotatable bonds is 7. The molecule has 7 heteroatoms. The number of aliphatic hydroxyl groups is 1. The molecule has 2 aliphatic rings. The third-order valence-corrected chi connectivity index (χ3v) is 5.66. The number of ether oxygens (including phenoxy) is 2. The topological polar surface area (TPSA) is 88.1 Å². The summed E-state index contributed by atoms with van der Waals surface area (Å²) in [6.45, 7) is 9.82. The summed E-state index contributed by atoms with van der Waals surface area (Å²) in [5.41, 5.74) is -1.52. The summed E-state index contributed by atoms with van der Waals surface area (Å²) in [4.78, 5) is 27.2. The second-order valence-corrected chi connectivity index (χ2v) is 9.58. The molecule has 7 nitrogen and oxygen atoms in total. The summed E-state index contributed by atoms with van der Waals surface area (Å²) >= 11 is 0. The van der Waals surface area contributed by atoms with Gasteiger partial charge in [-0.15, -0.1) is 0 Å². The number of methoxy groups -OCH3 is 1. The van der Waals surface area contributed by atoms with E-state index in [-0.39, 0.29) is 24.1 Å². The summed E-state index contributed by atoms with van der Waals surface area (Å²) in [6.07, 6.45) is 9.19. The lowest BCUT2D eigenvalue weighted by Crippen LogP contribution is -2.52. The van der Waals surface area contributed by atoms with Crippen LogP contribution in [0, 0.1) is 5.92 Å². The van der Waals surface area contributed by atoms with Gasteiger partial charge in [0.25, 0.3) is 0 Å². The van der Waals surface area contributed by atoms with Crippen molar-refractivity contribution in [1.29, 1.82) is 0 Å². The standard InChI is InChI=1S/C23H38N2O5/c1-16(15-23(28)12-8-7-9-13-23)24-20(26)17(2)19(29-6)18-11-10-14-25(18)21(27)30-22(3,4)5/h7-9,12,16-19,28H,10-11,13-15H2,1-6H3,(H,24,26)/t16-,17-,18+,19-,23+/m1/s1. The first kappa shape index (κ1) is 24.4. The zero-order valence-electron chi connectivity index (χ0n) is 19.2. The summed E-state index contributed by atoms with van der Waals surface area (Å²) in [5.74, 6) is -0.605. The molecule has 0 aromatic heterocycles. The van der Waals surface area contributed by atoms with Crippen LogP contribution in [0.4, 0.5) is 4.79 Å². The van der Waals surface area contributed by atoms with Crippen LogP contribution in [-0.2, 0) is 14.3 Å². The molecule has 30 heavy (non-hydrogen) atoms. The van der Waals surface area contributed by atoms with Crippen molar-refractivity contribution in [3.8, 4) is 0 Å². The van der Waals surface area contributed by atoms with Gasteiger partial charge in [0.2, 0.25) is 5.91 Å². The van der Waals surface area contributed by atoms with Crippen molar-refractivity contribution in [1.82, 2.24) is 10.2 Å². The smallest absolute Gasteiger partial charge is 0.410 e. The van der Waals surface area contributed by atoms with E-state index in [9.17, 15) is 14.7 Å². The average Bonchev–Trinajstić information content (AvgIpc) is 3.10. The van der Waals surface area contributed by atoms with E-state index in [4.69, 9.17) is 9.47 Å². The van der Waals surface area contributed by atoms with Gasteiger partial charge >= 0.3 is 6.09 Å². The fraction of sp³-hybridized carbons (Fsp3) is 0.739. The Morgan fingerprint density at radius 1 is 1.30 bits per heavy atom. The molecule has 1 aliphatic carbocycles. The van der Waals surface area contributed by atoms with Gasteiger partial charge in [-0.2, -0.15) is 0 Å². The molecule has 0 aromatic rings. The molecular formula is C23H38N2O5. The first-order valence-corrected chi connectivity index (χ1v) is 10.9. The maximum absolute atomic E-state index is 12.9. The summed E-state index contributed by atoms with van der Waals surface area (Å²) in [7, 11) is 1.57. The van der Waals surface area contributed by atoms with Gasteiger partial charge in [-0.1, -0.05) is 31.2 Å². The zero-order chi connectivity index (χ0) is 22.5. The third-order valence-electron chi connectivity index (χ3n) is 5.66. The Balaban J connectivity index is 1.99. The van der Waals surface area contributed by atoms with Gasteiger partial charge in [-0.3, -0.25) is 4.79 Å². The van der Waals surface area contributed by atoms with E-state index < -0.39 is 23.2 Å². The van der Waals surface area contributed by atoms with Crippen LogP contribution in [0.15, 0.2) is 24.3 Å². The fourth-order valence-electron chi connectivity index (χ4n) is 4.29. The first-order chi connectivity index (χ1) is 14.0. The summed E-state index contributed by atoms with van der Waals surface area (Å²) in [5, 5.41) is 13.6. The van der Waals surface area contributed by atoms with Gasteiger partial charge in [-0.25, -0.2) is 4.79 Å². The maximum Gasteiger partial charge on any atom is 0.410 e. The van der Waals surface area contributed by atoms with Gasteiger partial charge in [-0.05, 0) is 53.4 Å². The van der Waals surface area contributed by atoms with Gasteiger partial charge in [0, 0.05) is 19.7 Å². The molecule has 1 aliphatic heterocycles. The molecule has 5 atom stereocenters. The molecule has 0 aromatic carbocycles. The van der Waals surface area contributed by atoms with Crippen LogP contribution in [0.2, 0.25) is 0 Å². The minimum Gasteiger partial charge on any atom is -0.444 e. The SMILES string of the molecule is CO[C@H]([C@@H](C)C(=O)N[C@H](C)C[C@]1(O)C=CC=CC1)[C@@H]1CCCN1C(=O)OC(C)(C)C. The lowest BCUT2D eigenvalue weighted by Gasteiger charge is -2.35. The van der Waals surface area contributed by atoms with Crippen LogP contribution < -0.4 is 5.32 Å². The Kier molecular flexibility index (Phi) is 8.11. The normalized spacial score (nSPS) is 26.9. The molecule has 0 spiro atoms. The molecule has 1 fully saturated rings. The van der Waals surface area contributed by atoms with Crippen molar-refractivity contribution in [2.45, 2.75) is 89.7 Å². The number of nitrogens with zero attached hydrogens (tertiary/aromatic N) is 1. The first-order valence-electron chi connectivity index (χ1n) is 10.9. The highest BCUT2D eigenvalue weighted by molar-refractivity contribution is 5.79. The Bertz CT molecular complexity index is 669. The summed E-state index contributed by atoms with van der Waals surface area (Å²) in [6, 6.07) is -0.416. The Morgan fingerprint density at radius 2 is 2.00 bits per heavy atom. The monoisotopic (exact) mass is 422 g/mol. The van der Waals surface area contributed by atoms with E-state index in [1.54, 1.807) is 18.1 Å². The van der Waals surface area contributed by atoms with Crippen molar-refractivity contribution in [2.75, 3.05) is 13.7 Å². The highest BCUT2D eigenvalue weighted by Crippen LogP contribution is 2.28. The Hall–Kier alpha value is -1.86. The van der Waals surface area contributed by atoms with Gasteiger partial charge < -0.3 is 24.8 Å². The van der Waals surface area contributed by atoms with Crippen molar-refractivity contribution in [3.63, 3.8) is 0 Å². The van der Waals surface area contributed by atoms with Crippen molar-refractivity contribution in [2.24, 2.45) is 5.92 Å². The van der Waals surface area contributed by atoms with E-state index in [0.717, 1.165) is 12.8 Å². The van der Waals surface area contributed by atoms with Crippen LogP contribution in [0.3, 0.4) is 0 Å². The number of nitrogens with one attached hydrogen (secondary N) is 1. The second-order valence-electron chi connectivity index (χ2n) is 9.58. The van der Waals surface area contributed by atoms with Crippen LogP contribution >= 0.6 is 0 Å². The molecule has 2 amide bonds. The number of carbonyl (C=O) groups excluding carboxylic acids is 2. The minimum absolute atomic E-state index is 0.149. The van der Waals surface area contributed by atoms with Gasteiger partial charge in [0.1, 0.15) is 5.60 Å². The zero-order valence-corrected chi connectivity index (χ0v) is 19.2. The van der Waals surface area contributed by atoms with E-state index in [2.05, 4.69) is 5.32 Å². The number of allylic oxidation sites excluding steroid dienone is 2.